The van der Waals surface area contributed by atoms with E-state index in [1.807, 2.05) is 0 Å². The van der Waals surface area contributed by atoms with Gasteiger partial charge in [0, 0.05) is 37.9 Å². The molecule has 3 rings (SSSR count). The van der Waals surface area contributed by atoms with E-state index in [1.54, 1.807) is 24.8 Å². The quantitative estimate of drug-likeness (QED) is 0.744. The standard InChI is InChI=1S/C15H17ClN4O4S/c1-10-14(11(2)24-18-10)25(22,23)20-7-5-19(6-8-20)15(21)12-3-4-17-13(16)9-12/h3-4,9H,5-8H2,1-2H3. The van der Waals surface area contributed by atoms with Crippen LogP contribution in [0.4, 0.5) is 0 Å². The van der Waals surface area contributed by atoms with Crippen molar-refractivity contribution in [2.45, 2.75) is 18.7 Å². The Hall–Kier alpha value is -1.97. The average Bonchev–Trinajstić information content (AvgIpc) is 2.93. The summed E-state index contributed by atoms with van der Waals surface area (Å²) in [6.07, 6.45) is 1.47. The van der Waals surface area contributed by atoms with Crippen LogP contribution in [0, 0.1) is 13.8 Å². The summed E-state index contributed by atoms with van der Waals surface area (Å²) >= 11 is 5.81. The Morgan fingerprint density at radius 1 is 1.24 bits per heavy atom. The van der Waals surface area contributed by atoms with Gasteiger partial charge in [0.2, 0.25) is 10.0 Å². The summed E-state index contributed by atoms with van der Waals surface area (Å²) in [5.74, 6) is 0.0705. The van der Waals surface area contributed by atoms with E-state index >= 15 is 0 Å². The number of nitrogens with zero attached hydrogens (tertiary/aromatic N) is 4. The Bertz CT molecular complexity index is 885. The molecule has 0 bridgehead atoms. The van der Waals surface area contributed by atoms with Gasteiger partial charge in [-0.15, -0.1) is 0 Å². The molecule has 0 unspecified atom stereocenters. The minimum absolute atomic E-state index is 0.105. The molecule has 10 heteroatoms. The maximum Gasteiger partial charge on any atom is 0.254 e. The van der Waals surface area contributed by atoms with E-state index in [0.29, 0.717) is 24.3 Å². The van der Waals surface area contributed by atoms with E-state index in [2.05, 4.69) is 10.1 Å². The van der Waals surface area contributed by atoms with Gasteiger partial charge < -0.3 is 9.42 Å². The molecule has 2 aromatic heterocycles. The molecule has 0 spiro atoms. The van der Waals surface area contributed by atoms with Crippen molar-refractivity contribution in [3.8, 4) is 0 Å². The summed E-state index contributed by atoms with van der Waals surface area (Å²) in [6, 6.07) is 3.08. The molecule has 25 heavy (non-hydrogen) atoms. The van der Waals surface area contributed by atoms with E-state index in [4.69, 9.17) is 16.1 Å². The van der Waals surface area contributed by atoms with E-state index in [0.717, 1.165) is 0 Å². The third-order valence-corrected chi connectivity index (χ3v) is 6.42. The van der Waals surface area contributed by atoms with Crippen LogP contribution in [0.25, 0.3) is 0 Å². The van der Waals surface area contributed by atoms with Crippen LogP contribution in [0.1, 0.15) is 21.8 Å². The number of amides is 1. The number of hydrogen-bond donors (Lipinski definition) is 0. The highest BCUT2D eigenvalue weighted by Gasteiger charge is 2.34. The van der Waals surface area contributed by atoms with Crippen LogP contribution in [0.3, 0.4) is 0 Å². The molecule has 0 saturated carbocycles. The van der Waals surface area contributed by atoms with Gasteiger partial charge in [0.1, 0.15) is 15.7 Å². The highest BCUT2D eigenvalue weighted by Crippen LogP contribution is 2.24. The molecule has 0 atom stereocenters. The first-order chi connectivity index (χ1) is 11.8. The number of carbonyl (C=O) groups is 1. The molecular formula is C15H17ClN4O4S. The highest BCUT2D eigenvalue weighted by molar-refractivity contribution is 7.89. The van der Waals surface area contributed by atoms with Gasteiger partial charge >= 0.3 is 0 Å². The smallest absolute Gasteiger partial charge is 0.254 e. The molecular weight excluding hydrogens is 368 g/mol. The van der Waals surface area contributed by atoms with Gasteiger partial charge in [0.25, 0.3) is 5.91 Å². The molecule has 0 aliphatic carbocycles. The van der Waals surface area contributed by atoms with Crippen molar-refractivity contribution in [3.63, 3.8) is 0 Å². The number of carbonyl (C=O) groups excluding carboxylic acids is 1. The van der Waals surface area contributed by atoms with E-state index in [9.17, 15) is 13.2 Å². The number of aryl methyl sites for hydroxylation is 2. The van der Waals surface area contributed by atoms with Gasteiger partial charge in [0.05, 0.1) is 0 Å². The van der Waals surface area contributed by atoms with Gasteiger partial charge in [-0.25, -0.2) is 13.4 Å². The number of aromatic nitrogens is 2. The molecule has 0 radical (unpaired) electrons. The molecule has 1 aliphatic rings. The van der Waals surface area contributed by atoms with Crippen LogP contribution in [0.5, 0.6) is 0 Å². The summed E-state index contributed by atoms with van der Waals surface area (Å²) < 4.78 is 31.9. The third-order valence-electron chi connectivity index (χ3n) is 4.07. The van der Waals surface area contributed by atoms with Crippen molar-refractivity contribution < 1.29 is 17.7 Å². The molecule has 0 aromatic carbocycles. The normalized spacial score (nSPS) is 16.2. The second kappa shape index (κ2) is 6.74. The van der Waals surface area contributed by atoms with Crippen LogP contribution in [0.15, 0.2) is 27.7 Å². The average molecular weight is 385 g/mol. The van der Waals surface area contributed by atoms with Gasteiger partial charge in [-0.3, -0.25) is 4.79 Å². The fourth-order valence-corrected chi connectivity index (χ4v) is 4.71. The second-order valence-electron chi connectivity index (χ2n) is 5.72. The Morgan fingerprint density at radius 2 is 1.92 bits per heavy atom. The van der Waals surface area contributed by atoms with Gasteiger partial charge in [-0.05, 0) is 26.0 Å². The lowest BCUT2D eigenvalue weighted by molar-refractivity contribution is 0.0697. The van der Waals surface area contributed by atoms with Crippen molar-refractivity contribution in [2.75, 3.05) is 26.2 Å². The SMILES string of the molecule is Cc1noc(C)c1S(=O)(=O)N1CCN(C(=O)c2ccnc(Cl)c2)CC1. The largest absolute Gasteiger partial charge is 0.360 e. The zero-order chi connectivity index (χ0) is 18.2. The molecule has 0 N–H and O–H groups in total. The Balaban J connectivity index is 1.73. The molecule has 1 amide bonds. The highest BCUT2D eigenvalue weighted by atomic mass is 35.5. The van der Waals surface area contributed by atoms with Gasteiger partial charge in [-0.2, -0.15) is 4.31 Å². The summed E-state index contributed by atoms with van der Waals surface area (Å²) in [4.78, 5) is 18.0. The van der Waals surface area contributed by atoms with Crippen LogP contribution in [0.2, 0.25) is 5.15 Å². The van der Waals surface area contributed by atoms with Crippen LogP contribution >= 0.6 is 11.6 Å². The lowest BCUT2D eigenvalue weighted by atomic mass is 10.2. The fraction of sp³-hybridized carbons (Fsp3) is 0.400. The zero-order valence-electron chi connectivity index (χ0n) is 13.8. The molecule has 1 fully saturated rings. The second-order valence-corrected chi connectivity index (χ2v) is 7.98. The first-order valence-electron chi connectivity index (χ1n) is 7.64. The topological polar surface area (TPSA) is 96.6 Å². The predicted octanol–water partition coefficient (Wildman–Crippen LogP) is 1.49. The number of halogens is 1. The summed E-state index contributed by atoms with van der Waals surface area (Å²) in [5.41, 5.74) is 0.768. The number of pyridine rings is 1. The first kappa shape index (κ1) is 17.8. The predicted molar refractivity (Wildman–Crippen MR) is 89.9 cm³/mol. The zero-order valence-corrected chi connectivity index (χ0v) is 15.3. The molecule has 3 heterocycles. The van der Waals surface area contributed by atoms with Gasteiger partial charge in [-0.1, -0.05) is 16.8 Å². The summed E-state index contributed by atoms with van der Waals surface area (Å²) in [6.45, 7) is 4.16. The number of hydrogen-bond acceptors (Lipinski definition) is 6. The van der Waals surface area contributed by atoms with Crippen LogP contribution < -0.4 is 0 Å². The van der Waals surface area contributed by atoms with E-state index in [1.165, 1.54) is 16.6 Å². The van der Waals surface area contributed by atoms with Crippen molar-refractivity contribution in [2.24, 2.45) is 0 Å². The summed E-state index contributed by atoms with van der Waals surface area (Å²) in [5, 5.41) is 3.95. The number of piperazine rings is 1. The Labute approximate surface area is 150 Å². The fourth-order valence-electron chi connectivity index (χ4n) is 2.82. The maximum atomic E-state index is 12.8. The first-order valence-corrected chi connectivity index (χ1v) is 9.46. The molecule has 8 nitrogen and oxygen atoms in total. The lowest BCUT2D eigenvalue weighted by Crippen LogP contribution is -2.50. The molecule has 2 aromatic rings. The van der Waals surface area contributed by atoms with Crippen molar-refractivity contribution in [1.82, 2.24) is 19.3 Å². The van der Waals surface area contributed by atoms with Crippen LogP contribution in [-0.4, -0.2) is 59.8 Å². The minimum Gasteiger partial charge on any atom is -0.360 e. The Morgan fingerprint density at radius 3 is 2.48 bits per heavy atom. The van der Waals surface area contributed by atoms with Crippen molar-refractivity contribution in [3.05, 3.63) is 40.5 Å². The Kier molecular flexibility index (Phi) is 4.81. The third kappa shape index (κ3) is 3.39. The maximum absolute atomic E-state index is 12.8. The number of sulfonamides is 1. The van der Waals surface area contributed by atoms with Crippen molar-refractivity contribution >= 4 is 27.5 Å². The lowest BCUT2D eigenvalue weighted by Gasteiger charge is -2.34. The van der Waals surface area contributed by atoms with Crippen LogP contribution in [-0.2, 0) is 10.0 Å². The van der Waals surface area contributed by atoms with Gasteiger partial charge in [0.15, 0.2) is 5.76 Å². The molecule has 1 aliphatic heterocycles. The monoisotopic (exact) mass is 384 g/mol. The molecule has 1 saturated heterocycles. The minimum atomic E-state index is -3.69. The van der Waals surface area contributed by atoms with Crippen molar-refractivity contribution in [1.29, 1.82) is 0 Å². The summed E-state index contributed by atoms with van der Waals surface area (Å²) in [7, 11) is -3.69. The number of rotatable bonds is 3. The van der Waals surface area contributed by atoms with E-state index < -0.39 is 10.0 Å². The van der Waals surface area contributed by atoms with E-state index in [-0.39, 0.29) is 34.8 Å². The molecule has 134 valence electrons.